The van der Waals surface area contributed by atoms with Crippen LogP contribution in [0.2, 0.25) is 0 Å². The number of carbonyl (C=O) groups is 1. The quantitative estimate of drug-likeness (QED) is 0.579. The summed E-state index contributed by atoms with van der Waals surface area (Å²) in [6.07, 6.45) is 1.62. The molecule has 0 saturated carbocycles. The average Bonchev–Trinajstić information content (AvgIpc) is 3.04. The zero-order chi connectivity index (χ0) is 16.1. The van der Waals surface area contributed by atoms with Gasteiger partial charge in [0.1, 0.15) is 6.54 Å². The minimum atomic E-state index is -0.105. The summed E-state index contributed by atoms with van der Waals surface area (Å²) in [5, 5.41) is 15.3. The molecule has 0 spiro atoms. The molecule has 0 saturated heterocycles. The Morgan fingerprint density at radius 1 is 1.50 bits per heavy atom. The summed E-state index contributed by atoms with van der Waals surface area (Å²) in [7, 11) is 0. The Bertz CT molecular complexity index is 682. The van der Waals surface area contributed by atoms with Gasteiger partial charge in [-0.3, -0.25) is 9.48 Å². The third-order valence-corrected chi connectivity index (χ3v) is 4.76. The van der Waals surface area contributed by atoms with Gasteiger partial charge in [-0.1, -0.05) is 17.8 Å². The molecule has 2 aromatic rings. The second-order valence-corrected chi connectivity index (χ2v) is 6.21. The maximum absolute atomic E-state index is 11.5. The highest BCUT2D eigenvalue weighted by molar-refractivity contribution is 9.10. The molecule has 0 bridgehead atoms. The lowest BCUT2D eigenvalue weighted by Gasteiger charge is -2.00. The fourth-order valence-corrected chi connectivity index (χ4v) is 2.58. The fraction of sp³-hybridized carbons (Fsp3) is 0.385. The smallest absolute Gasteiger partial charge is 0.277 e. The molecule has 0 aliphatic rings. The highest BCUT2D eigenvalue weighted by Crippen LogP contribution is 2.21. The van der Waals surface area contributed by atoms with Gasteiger partial charge in [-0.05, 0) is 29.8 Å². The van der Waals surface area contributed by atoms with Crippen molar-refractivity contribution < 1.29 is 9.21 Å². The molecular formula is C13H16BrN5O2S. The van der Waals surface area contributed by atoms with Crippen molar-refractivity contribution in [2.45, 2.75) is 25.6 Å². The van der Waals surface area contributed by atoms with Crippen molar-refractivity contribution in [3.8, 4) is 0 Å². The number of aryl methyl sites for hydroxylation is 1. The van der Waals surface area contributed by atoms with Gasteiger partial charge < -0.3 is 9.73 Å². The van der Waals surface area contributed by atoms with Crippen molar-refractivity contribution >= 4 is 33.6 Å². The van der Waals surface area contributed by atoms with E-state index >= 15 is 0 Å². The minimum absolute atomic E-state index is 0.105. The zero-order valence-corrected chi connectivity index (χ0v) is 14.7. The largest absolute Gasteiger partial charge is 0.414 e. The molecule has 2 rings (SSSR count). The summed E-state index contributed by atoms with van der Waals surface area (Å²) in [6.45, 7) is 8.26. The van der Waals surface area contributed by atoms with Gasteiger partial charge in [-0.2, -0.15) is 5.10 Å². The van der Waals surface area contributed by atoms with Crippen LogP contribution in [-0.4, -0.2) is 38.2 Å². The first kappa shape index (κ1) is 16.8. The molecule has 118 valence electrons. The van der Waals surface area contributed by atoms with Crippen LogP contribution in [0.25, 0.3) is 0 Å². The topological polar surface area (TPSA) is 85.8 Å². The van der Waals surface area contributed by atoms with Gasteiger partial charge in [-0.15, -0.1) is 16.8 Å². The first-order valence-corrected chi connectivity index (χ1v) is 8.31. The van der Waals surface area contributed by atoms with E-state index in [4.69, 9.17) is 4.42 Å². The van der Waals surface area contributed by atoms with E-state index in [-0.39, 0.29) is 11.7 Å². The first-order chi connectivity index (χ1) is 10.5. The van der Waals surface area contributed by atoms with Gasteiger partial charge in [0.2, 0.25) is 11.8 Å². The molecule has 0 aliphatic heterocycles. The second kappa shape index (κ2) is 7.59. The second-order valence-electron chi connectivity index (χ2n) is 4.49. The Labute approximate surface area is 140 Å². The Balaban J connectivity index is 1.92. The van der Waals surface area contributed by atoms with Crippen LogP contribution < -0.4 is 5.32 Å². The molecule has 9 heteroatoms. The number of nitrogens with one attached hydrogen (secondary N) is 1. The summed E-state index contributed by atoms with van der Waals surface area (Å²) >= 11 is 4.67. The van der Waals surface area contributed by atoms with Crippen LogP contribution in [0.15, 0.2) is 26.8 Å². The summed E-state index contributed by atoms with van der Waals surface area (Å²) in [4.78, 5) is 11.5. The highest BCUT2D eigenvalue weighted by Gasteiger charge is 2.13. The van der Waals surface area contributed by atoms with E-state index in [1.807, 2.05) is 13.8 Å². The molecule has 2 aromatic heterocycles. The Morgan fingerprint density at radius 2 is 2.27 bits per heavy atom. The van der Waals surface area contributed by atoms with Crippen molar-refractivity contribution in [2.24, 2.45) is 0 Å². The number of hydrogen-bond acceptors (Lipinski definition) is 6. The van der Waals surface area contributed by atoms with E-state index in [1.54, 1.807) is 10.8 Å². The van der Waals surface area contributed by atoms with E-state index < -0.39 is 0 Å². The Morgan fingerprint density at radius 3 is 2.91 bits per heavy atom. The van der Waals surface area contributed by atoms with Gasteiger partial charge in [0, 0.05) is 6.54 Å². The predicted molar refractivity (Wildman–Crippen MR) is 86.7 cm³/mol. The van der Waals surface area contributed by atoms with Gasteiger partial charge in [0.05, 0.1) is 21.6 Å². The predicted octanol–water partition coefficient (Wildman–Crippen LogP) is 2.09. The maximum atomic E-state index is 11.5. The summed E-state index contributed by atoms with van der Waals surface area (Å²) in [5.74, 6) is 0.570. The van der Waals surface area contributed by atoms with E-state index in [2.05, 4.69) is 43.1 Å². The minimum Gasteiger partial charge on any atom is -0.414 e. The van der Waals surface area contributed by atoms with Crippen LogP contribution in [0, 0.1) is 13.8 Å². The molecule has 1 amide bonds. The van der Waals surface area contributed by atoms with Crippen LogP contribution in [-0.2, 0) is 11.3 Å². The number of amides is 1. The molecule has 0 radical (unpaired) electrons. The van der Waals surface area contributed by atoms with Crippen molar-refractivity contribution in [3.63, 3.8) is 0 Å². The van der Waals surface area contributed by atoms with Crippen LogP contribution in [0.5, 0.6) is 0 Å². The number of hydrogen-bond donors (Lipinski definition) is 1. The number of thioether (sulfide) groups is 1. The normalized spacial score (nSPS) is 10.7. The summed E-state index contributed by atoms with van der Waals surface area (Å²) in [6, 6.07) is 0. The van der Waals surface area contributed by atoms with Crippen LogP contribution >= 0.6 is 27.7 Å². The van der Waals surface area contributed by atoms with E-state index in [0.29, 0.717) is 24.2 Å². The monoisotopic (exact) mass is 385 g/mol. The zero-order valence-electron chi connectivity index (χ0n) is 12.3. The van der Waals surface area contributed by atoms with Crippen LogP contribution in [0.4, 0.5) is 0 Å². The SMILES string of the molecule is C=CCNC(=O)CSc1nnc(Cn2nc(C)c(Br)c2C)o1. The molecule has 0 unspecified atom stereocenters. The average molecular weight is 386 g/mol. The number of rotatable bonds is 7. The molecule has 0 aliphatic carbocycles. The molecule has 0 fully saturated rings. The van der Waals surface area contributed by atoms with E-state index in [0.717, 1.165) is 15.9 Å². The van der Waals surface area contributed by atoms with Gasteiger partial charge in [0.15, 0.2) is 0 Å². The lowest BCUT2D eigenvalue weighted by atomic mass is 10.4. The molecule has 1 N–H and O–H groups in total. The van der Waals surface area contributed by atoms with Crippen molar-refractivity contribution in [1.82, 2.24) is 25.3 Å². The molecule has 22 heavy (non-hydrogen) atoms. The standard InChI is InChI=1S/C13H16BrN5O2S/c1-4-5-15-10(20)7-22-13-17-16-11(21-13)6-19-9(3)12(14)8(2)18-19/h4H,1,5-7H2,2-3H3,(H,15,20). The number of carbonyl (C=O) groups excluding carboxylic acids is 1. The first-order valence-electron chi connectivity index (χ1n) is 6.53. The third-order valence-electron chi connectivity index (χ3n) is 2.80. The third kappa shape index (κ3) is 4.20. The van der Waals surface area contributed by atoms with Gasteiger partial charge in [-0.25, -0.2) is 0 Å². The van der Waals surface area contributed by atoms with Crippen LogP contribution in [0.3, 0.4) is 0 Å². The number of nitrogens with zero attached hydrogens (tertiary/aromatic N) is 4. The molecule has 0 atom stereocenters. The Hall–Kier alpha value is -1.61. The summed E-state index contributed by atoms with van der Waals surface area (Å²) < 4.78 is 8.27. The summed E-state index contributed by atoms with van der Waals surface area (Å²) in [5.41, 5.74) is 1.90. The van der Waals surface area contributed by atoms with Crippen LogP contribution in [0.1, 0.15) is 17.3 Å². The molecular weight excluding hydrogens is 370 g/mol. The maximum Gasteiger partial charge on any atom is 0.277 e. The lowest BCUT2D eigenvalue weighted by molar-refractivity contribution is -0.118. The molecule has 7 nitrogen and oxygen atoms in total. The van der Waals surface area contributed by atoms with E-state index in [9.17, 15) is 4.79 Å². The van der Waals surface area contributed by atoms with Crippen molar-refractivity contribution in [3.05, 3.63) is 34.4 Å². The van der Waals surface area contributed by atoms with E-state index in [1.165, 1.54) is 11.8 Å². The Kier molecular flexibility index (Phi) is 5.78. The molecule has 2 heterocycles. The highest BCUT2D eigenvalue weighted by atomic mass is 79.9. The van der Waals surface area contributed by atoms with Gasteiger partial charge in [0.25, 0.3) is 5.22 Å². The van der Waals surface area contributed by atoms with Gasteiger partial charge >= 0.3 is 0 Å². The number of aromatic nitrogens is 4. The number of halogens is 1. The molecule has 0 aromatic carbocycles. The fourth-order valence-electron chi connectivity index (χ4n) is 1.68. The van der Waals surface area contributed by atoms with Crippen molar-refractivity contribution in [1.29, 1.82) is 0 Å². The van der Waals surface area contributed by atoms with Crippen molar-refractivity contribution in [2.75, 3.05) is 12.3 Å². The lowest BCUT2D eigenvalue weighted by Crippen LogP contribution is -2.24.